The number of nitrogens with zero attached hydrogens (tertiary/aromatic N) is 1. The molecular weight excluding hydrogens is 383 g/mol. The fourth-order valence-corrected chi connectivity index (χ4v) is 3.38. The van der Waals surface area contributed by atoms with Gasteiger partial charge in [-0.1, -0.05) is 28.4 Å². The topological polar surface area (TPSA) is 46.3 Å². The van der Waals surface area contributed by atoms with Crippen molar-refractivity contribution in [1.29, 1.82) is 0 Å². The Morgan fingerprint density at radius 2 is 2.22 bits per heavy atom. The van der Waals surface area contributed by atoms with Gasteiger partial charge >= 0.3 is 0 Å². The van der Waals surface area contributed by atoms with Gasteiger partial charge in [-0.25, -0.2) is 4.39 Å². The van der Waals surface area contributed by atoms with Crippen LogP contribution in [0.5, 0.6) is 0 Å². The van der Waals surface area contributed by atoms with Crippen molar-refractivity contribution in [2.45, 2.75) is 38.3 Å². The number of halogens is 3. The third kappa shape index (κ3) is 5.59. The summed E-state index contributed by atoms with van der Waals surface area (Å²) in [5, 5.41) is 0. The molecule has 0 radical (unpaired) electrons. The van der Waals surface area contributed by atoms with Crippen molar-refractivity contribution in [3.63, 3.8) is 0 Å². The monoisotopic (exact) mass is 404 g/mol. The van der Waals surface area contributed by atoms with E-state index in [4.69, 9.17) is 5.73 Å². The largest absolute Gasteiger partial charge is 0.334 e. The van der Waals surface area contributed by atoms with E-state index in [2.05, 4.69) is 22.5 Å². The van der Waals surface area contributed by atoms with Crippen LogP contribution in [0.4, 0.5) is 4.39 Å². The highest BCUT2D eigenvalue weighted by Gasteiger charge is 2.29. The van der Waals surface area contributed by atoms with Crippen LogP contribution in [0, 0.1) is 11.7 Å². The molecule has 2 N–H and O–H groups in total. The van der Waals surface area contributed by atoms with E-state index in [0.717, 1.165) is 23.7 Å². The Morgan fingerprint density at radius 1 is 1.48 bits per heavy atom. The number of carbonyl (C=O) groups is 1. The third-order valence-corrected chi connectivity index (χ3v) is 4.59. The van der Waals surface area contributed by atoms with Gasteiger partial charge in [0.1, 0.15) is 5.82 Å². The van der Waals surface area contributed by atoms with Gasteiger partial charge in [0.05, 0.1) is 0 Å². The van der Waals surface area contributed by atoms with Gasteiger partial charge in [-0.2, -0.15) is 0 Å². The summed E-state index contributed by atoms with van der Waals surface area (Å²) in [5.74, 6) is -0.307. The summed E-state index contributed by atoms with van der Waals surface area (Å²) in [4.78, 5) is 14.4. The first-order valence-electron chi connectivity index (χ1n) is 7.60. The Balaban J connectivity index is 0.00000264. The van der Waals surface area contributed by atoms with Crippen LogP contribution < -0.4 is 5.73 Å². The number of nitrogens with two attached hydrogens (primary N) is 1. The van der Waals surface area contributed by atoms with Crippen LogP contribution >= 0.6 is 28.3 Å². The molecule has 0 spiro atoms. The summed E-state index contributed by atoms with van der Waals surface area (Å²) >= 11 is 3.34. The third-order valence-electron chi connectivity index (χ3n) is 4.09. The van der Waals surface area contributed by atoms with E-state index in [-0.39, 0.29) is 42.6 Å². The highest BCUT2D eigenvalue weighted by Crippen LogP contribution is 2.26. The molecule has 0 bridgehead atoms. The molecule has 128 valence electrons. The van der Waals surface area contributed by atoms with Gasteiger partial charge in [0, 0.05) is 35.1 Å². The Labute approximate surface area is 151 Å². The van der Waals surface area contributed by atoms with Crippen LogP contribution in [-0.2, 0) is 11.3 Å². The standard InChI is InChI=1S/C17H22BrFN2O.ClH/c1-2-8-21(11-13-9-14(18)6-7-16(13)19)17(22)12-4-3-5-15(20)10-12;/h2,6-7,9,12,15H,1,3-5,8,10-11,20H2;1H. The number of hydrogen-bond donors (Lipinski definition) is 1. The number of rotatable bonds is 5. The minimum Gasteiger partial charge on any atom is -0.334 e. The molecule has 2 atom stereocenters. The average molecular weight is 406 g/mol. The molecule has 1 aromatic carbocycles. The molecule has 2 unspecified atom stereocenters. The van der Waals surface area contributed by atoms with Crippen molar-refractivity contribution in [2.24, 2.45) is 11.7 Å². The molecule has 3 nitrogen and oxygen atoms in total. The number of amides is 1. The summed E-state index contributed by atoms with van der Waals surface area (Å²) in [6.07, 6.45) is 5.21. The summed E-state index contributed by atoms with van der Waals surface area (Å²) in [5.41, 5.74) is 6.48. The van der Waals surface area contributed by atoms with Crippen molar-refractivity contribution < 1.29 is 9.18 Å². The van der Waals surface area contributed by atoms with Crippen molar-refractivity contribution in [1.82, 2.24) is 4.90 Å². The summed E-state index contributed by atoms with van der Waals surface area (Å²) in [6, 6.07) is 4.87. The molecule has 1 aromatic rings. The van der Waals surface area contributed by atoms with E-state index in [1.807, 2.05) is 0 Å². The molecule has 0 heterocycles. The molecule has 23 heavy (non-hydrogen) atoms. The van der Waals surface area contributed by atoms with E-state index in [9.17, 15) is 9.18 Å². The van der Waals surface area contributed by atoms with Crippen molar-refractivity contribution >= 4 is 34.2 Å². The van der Waals surface area contributed by atoms with Gasteiger partial charge in [0.25, 0.3) is 0 Å². The van der Waals surface area contributed by atoms with Crippen LogP contribution in [0.15, 0.2) is 35.3 Å². The van der Waals surface area contributed by atoms with Crippen LogP contribution in [0.2, 0.25) is 0 Å². The molecule has 0 aliphatic heterocycles. The smallest absolute Gasteiger partial charge is 0.226 e. The first-order valence-corrected chi connectivity index (χ1v) is 8.39. The van der Waals surface area contributed by atoms with E-state index in [0.29, 0.717) is 18.5 Å². The number of carbonyl (C=O) groups excluding carboxylic acids is 1. The summed E-state index contributed by atoms with van der Waals surface area (Å²) < 4.78 is 14.7. The normalized spacial score (nSPS) is 20.5. The SMILES string of the molecule is C=CCN(Cc1cc(Br)ccc1F)C(=O)C1CCCC(N)C1.Cl. The van der Waals surface area contributed by atoms with Crippen LogP contribution in [0.25, 0.3) is 0 Å². The van der Waals surface area contributed by atoms with Gasteiger partial charge in [-0.3, -0.25) is 4.79 Å². The second-order valence-corrected chi connectivity index (χ2v) is 6.78. The van der Waals surface area contributed by atoms with Gasteiger partial charge < -0.3 is 10.6 Å². The van der Waals surface area contributed by atoms with E-state index >= 15 is 0 Å². The van der Waals surface area contributed by atoms with Crippen LogP contribution in [0.3, 0.4) is 0 Å². The number of benzene rings is 1. The Hall–Kier alpha value is -0.910. The van der Waals surface area contributed by atoms with Crippen molar-refractivity contribution in [3.05, 3.63) is 46.7 Å². The maximum Gasteiger partial charge on any atom is 0.226 e. The molecule has 0 aromatic heterocycles. The lowest BCUT2D eigenvalue weighted by Gasteiger charge is -2.31. The van der Waals surface area contributed by atoms with E-state index in [1.54, 1.807) is 23.1 Å². The maximum absolute atomic E-state index is 13.9. The lowest BCUT2D eigenvalue weighted by Crippen LogP contribution is -2.40. The molecule has 6 heteroatoms. The lowest BCUT2D eigenvalue weighted by atomic mass is 9.85. The number of hydrogen-bond acceptors (Lipinski definition) is 2. The quantitative estimate of drug-likeness (QED) is 0.751. The van der Waals surface area contributed by atoms with Crippen molar-refractivity contribution in [2.75, 3.05) is 6.54 Å². The molecule has 1 aliphatic carbocycles. The van der Waals surface area contributed by atoms with Gasteiger partial charge in [0.15, 0.2) is 0 Å². The molecule has 0 saturated heterocycles. The van der Waals surface area contributed by atoms with Crippen LogP contribution in [-0.4, -0.2) is 23.4 Å². The first kappa shape index (κ1) is 20.1. The molecule has 1 amide bonds. The van der Waals surface area contributed by atoms with Crippen LogP contribution in [0.1, 0.15) is 31.2 Å². The molecular formula is C17H23BrClFN2O. The Kier molecular flexibility index (Phi) is 8.23. The van der Waals surface area contributed by atoms with Gasteiger partial charge in [-0.05, 0) is 37.5 Å². The average Bonchev–Trinajstić information content (AvgIpc) is 2.49. The van der Waals surface area contributed by atoms with Crippen molar-refractivity contribution in [3.8, 4) is 0 Å². The fraction of sp³-hybridized carbons (Fsp3) is 0.471. The second-order valence-electron chi connectivity index (χ2n) is 5.87. The highest BCUT2D eigenvalue weighted by atomic mass is 79.9. The molecule has 1 saturated carbocycles. The van der Waals surface area contributed by atoms with E-state index in [1.165, 1.54) is 6.07 Å². The predicted octanol–water partition coefficient (Wildman–Crippen LogP) is 4.04. The second kappa shape index (κ2) is 9.40. The first-order chi connectivity index (χ1) is 10.5. The molecule has 1 aliphatic rings. The zero-order valence-electron chi connectivity index (χ0n) is 13.0. The lowest BCUT2D eigenvalue weighted by molar-refractivity contribution is -0.136. The molecule has 2 rings (SSSR count). The Bertz CT molecular complexity index is 555. The zero-order valence-corrected chi connectivity index (χ0v) is 15.4. The maximum atomic E-state index is 13.9. The minimum atomic E-state index is -0.301. The Morgan fingerprint density at radius 3 is 2.87 bits per heavy atom. The zero-order chi connectivity index (χ0) is 16.1. The van der Waals surface area contributed by atoms with Gasteiger partial charge in [-0.15, -0.1) is 19.0 Å². The van der Waals surface area contributed by atoms with E-state index < -0.39 is 0 Å². The summed E-state index contributed by atoms with van der Waals surface area (Å²) in [7, 11) is 0. The fourth-order valence-electron chi connectivity index (χ4n) is 2.97. The predicted molar refractivity (Wildman–Crippen MR) is 96.9 cm³/mol. The molecule has 1 fully saturated rings. The highest BCUT2D eigenvalue weighted by molar-refractivity contribution is 9.10. The minimum absolute atomic E-state index is 0. The van der Waals surface area contributed by atoms with Gasteiger partial charge in [0.2, 0.25) is 5.91 Å². The summed E-state index contributed by atoms with van der Waals surface area (Å²) in [6.45, 7) is 4.37.